The van der Waals surface area contributed by atoms with Gasteiger partial charge in [-0.25, -0.2) is 4.79 Å². The van der Waals surface area contributed by atoms with Crippen LogP contribution in [-0.4, -0.2) is 35.2 Å². The molecule has 0 radical (unpaired) electrons. The van der Waals surface area contributed by atoms with E-state index in [1.807, 2.05) is 32.9 Å². The van der Waals surface area contributed by atoms with Crippen molar-refractivity contribution in [2.45, 2.75) is 51.7 Å². The smallest absolute Gasteiger partial charge is 0.319 e. The first-order valence-electron chi connectivity index (χ1n) is 8.53. The first-order chi connectivity index (χ1) is 11.6. The number of primary amides is 1. The molecule has 2 rings (SSSR count). The highest BCUT2D eigenvalue weighted by Gasteiger charge is 2.34. The number of urea groups is 1. The zero-order valence-electron chi connectivity index (χ0n) is 15.1. The van der Waals surface area contributed by atoms with E-state index in [-0.39, 0.29) is 0 Å². The van der Waals surface area contributed by atoms with Crippen molar-refractivity contribution in [3.8, 4) is 0 Å². The lowest BCUT2D eigenvalue weighted by molar-refractivity contribution is -0.122. The van der Waals surface area contributed by atoms with Gasteiger partial charge in [0.15, 0.2) is 0 Å². The van der Waals surface area contributed by atoms with Crippen molar-refractivity contribution in [3.05, 3.63) is 24.3 Å². The number of aliphatic hydroxyl groups is 1. The van der Waals surface area contributed by atoms with Gasteiger partial charge in [0.2, 0.25) is 5.91 Å². The Morgan fingerprint density at radius 1 is 1.24 bits per heavy atom. The van der Waals surface area contributed by atoms with Gasteiger partial charge in [0.1, 0.15) is 6.04 Å². The molecule has 7 heteroatoms. The zero-order valence-corrected chi connectivity index (χ0v) is 15.1. The van der Waals surface area contributed by atoms with Crippen molar-refractivity contribution < 1.29 is 14.7 Å². The Kier molecular flexibility index (Phi) is 5.57. The van der Waals surface area contributed by atoms with Crippen LogP contribution in [0.2, 0.25) is 0 Å². The molecule has 1 aromatic carbocycles. The van der Waals surface area contributed by atoms with Gasteiger partial charge < -0.3 is 26.8 Å². The van der Waals surface area contributed by atoms with Crippen molar-refractivity contribution in [3.63, 3.8) is 0 Å². The second kappa shape index (κ2) is 7.31. The molecule has 0 aromatic heterocycles. The van der Waals surface area contributed by atoms with Gasteiger partial charge in [-0.05, 0) is 36.8 Å². The minimum absolute atomic E-state index is 0.430. The third-order valence-electron chi connectivity index (χ3n) is 4.49. The lowest BCUT2D eigenvalue weighted by Gasteiger charge is -2.37. The molecule has 0 bridgehead atoms. The minimum Gasteiger partial charge on any atom is -0.388 e. The summed E-state index contributed by atoms with van der Waals surface area (Å²) in [5.41, 5.74) is 5.51. The highest BCUT2D eigenvalue weighted by molar-refractivity contribution is 5.96. The Morgan fingerprint density at radius 3 is 2.32 bits per heavy atom. The molecule has 138 valence electrons. The summed E-state index contributed by atoms with van der Waals surface area (Å²) in [5.74, 6) is -0.582. The van der Waals surface area contributed by atoms with Crippen LogP contribution in [0.15, 0.2) is 24.3 Å². The Bertz CT molecular complexity index is 635. The molecule has 0 unspecified atom stereocenters. The summed E-state index contributed by atoms with van der Waals surface area (Å²) in [6.45, 7) is 5.92. The standard InChI is InChI=1S/C18H28N4O3/c1-17(2,3)14(15(19)23)22-16(24)21-13-8-5-4-7-12(13)20-11-18(25)9-6-10-18/h4-5,7-8,14,20,25H,6,9-11H2,1-3H3,(H2,19,23)(H2,21,22,24)/t14-/m1/s1. The van der Waals surface area contributed by atoms with Crippen LogP contribution >= 0.6 is 0 Å². The maximum Gasteiger partial charge on any atom is 0.319 e. The molecule has 0 spiro atoms. The number of anilines is 2. The van der Waals surface area contributed by atoms with E-state index in [0.29, 0.717) is 17.9 Å². The van der Waals surface area contributed by atoms with Crippen LogP contribution in [0.25, 0.3) is 0 Å². The number of rotatable bonds is 6. The van der Waals surface area contributed by atoms with E-state index < -0.39 is 29.0 Å². The molecule has 1 aromatic rings. The Balaban J connectivity index is 2.01. The molecule has 1 saturated carbocycles. The number of hydrogen-bond acceptors (Lipinski definition) is 4. The number of para-hydroxylation sites is 2. The molecule has 7 nitrogen and oxygen atoms in total. The maximum atomic E-state index is 12.3. The minimum atomic E-state index is -0.789. The lowest BCUT2D eigenvalue weighted by Crippen LogP contribution is -2.53. The molecular weight excluding hydrogens is 320 g/mol. The Hall–Kier alpha value is -2.28. The average molecular weight is 348 g/mol. The normalized spacial score (nSPS) is 17.1. The number of hydrogen-bond donors (Lipinski definition) is 5. The fourth-order valence-corrected chi connectivity index (χ4v) is 2.77. The number of benzene rings is 1. The van der Waals surface area contributed by atoms with Crippen molar-refractivity contribution in [2.24, 2.45) is 11.1 Å². The van der Waals surface area contributed by atoms with Crippen LogP contribution < -0.4 is 21.7 Å². The summed E-state index contributed by atoms with van der Waals surface area (Å²) in [7, 11) is 0. The van der Waals surface area contributed by atoms with Crippen LogP contribution in [0.3, 0.4) is 0 Å². The maximum absolute atomic E-state index is 12.3. The van der Waals surface area contributed by atoms with Crippen molar-refractivity contribution in [1.82, 2.24) is 5.32 Å². The van der Waals surface area contributed by atoms with Crippen molar-refractivity contribution in [1.29, 1.82) is 0 Å². The van der Waals surface area contributed by atoms with E-state index in [4.69, 9.17) is 5.73 Å². The first-order valence-corrected chi connectivity index (χ1v) is 8.53. The predicted octanol–water partition coefficient (Wildman–Crippen LogP) is 2.04. The van der Waals surface area contributed by atoms with Gasteiger partial charge in [-0.15, -0.1) is 0 Å². The highest BCUT2D eigenvalue weighted by Crippen LogP contribution is 2.32. The number of carbonyl (C=O) groups excluding carboxylic acids is 2. The fourth-order valence-electron chi connectivity index (χ4n) is 2.77. The Labute approximate surface area is 148 Å². The fraction of sp³-hybridized carbons (Fsp3) is 0.556. The molecule has 0 heterocycles. The van der Waals surface area contributed by atoms with Gasteiger partial charge in [-0.1, -0.05) is 32.9 Å². The van der Waals surface area contributed by atoms with E-state index in [1.165, 1.54) is 0 Å². The van der Waals surface area contributed by atoms with Crippen LogP contribution in [0.4, 0.5) is 16.2 Å². The van der Waals surface area contributed by atoms with Crippen molar-refractivity contribution in [2.75, 3.05) is 17.2 Å². The van der Waals surface area contributed by atoms with E-state index >= 15 is 0 Å². The van der Waals surface area contributed by atoms with Gasteiger partial charge in [0, 0.05) is 6.54 Å². The van der Waals surface area contributed by atoms with E-state index in [0.717, 1.165) is 19.3 Å². The summed E-state index contributed by atoms with van der Waals surface area (Å²) in [4.78, 5) is 23.9. The van der Waals surface area contributed by atoms with Gasteiger partial charge in [0.05, 0.1) is 17.0 Å². The molecular formula is C18H28N4O3. The SMILES string of the molecule is CC(C)(C)[C@H](NC(=O)Nc1ccccc1NCC1(O)CCC1)C(N)=O. The second-order valence-corrected chi connectivity index (χ2v) is 7.78. The molecule has 1 aliphatic carbocycles. The summed E-state index contributed by atoms with van der Waals surface area (Å²) < 4.78 is 0. The molecule has 6 N–H and O–H groups in total. The molecule has 1 atom stereocenters. The van der Waals surface area contributed by atoms with Gasteiger partial charge in [0.25, 0.3) is 0 Å². The second-order valence-electron chi connectivity index (χ2n) is 7.78. The lowest BCUT2D eigenvalue weighted by atomic mass is 9.80. The molecule has 1 aliphatic rings. The average Bonchev–Trinajstić information content (AvgIpc) is 2.48. The van der Waals surface area contributed by atoms with E-state index in [9.17, 15) is 14.7 Å². The van der Waals surface area contributed by atoms with Gasteiger partial charge in [-0.2, -0.15) is 0 Å². The van der Waals surface area contributed by atoms with E-state index in [2.05, 4.69) is 16.0 Å². The highest BCUT2D eigenvalue weighted by atomic mass is 16.3. The van der Waals surface area contributed by atoms with Crippen LogP contribution in [0, 0.1) is 5.41 Å². The largest absolute Gasteiger partial charge is 0.388 e. The summed E-state index contributed by atoms with van der Waals surface area (Å²) in [6, 6.07) is 5.93. The Morgan fingerprint density at radius 2 is 1.84 bits per heavy atom. The third-order valence-corrected chi connectivity index (χ3v) is 4.49. The molecule has 0 saturated heterocycles. The van der Waals surface area contributed by atoms with E-state index in [1.54, 1.807) is 12.1 Å². The summed E-state index contributed by atoms with van der Waals surface area (Å²) in [5, 5.41) is 18.7. The monoisotopic (exact) mass is 348 g/mol. The third kappa shape index (κ3) is 5.09. The molecule has 3 amide bonds. The first kappa shape index (κ1) is 19.1. The number of amides is 3. The number of nitrogens with one attached hydrogen (secondary N) is 3. The molecule has 0 aliphatic heterocycles. The number of carbonyl (C=O) groups is 2. The van der Waals surface area contributed by atoms with Crippen LogP contribution in [0.5, 0.6) is 0 Å². The van der Waals surface area contributed by atoms with Gasteiger partial charge in [-0.3, -0.25) is 4.79 Å². The number of nitrogens with two attached hydrogens (primary N) is 1. The van der Waals surface area contributed by atoms with Crippen LogP contribution in [0.1, 0.15) is 40.0 Å². The van der Waals surface area contributed by atoms with Crippen molar-refractivity contribution >= 4 is 23.3 Å². The van der Waals surface area contributed by atoms with Gasteiger partial charge >= 0.3 is 6.03 Å². The molecule has 1 fully saturated rings. The molecule has 25 heavy (non-hydrogen) atoms. The predicted molar refractivity (Wildman–Crippen MR) is 98.3 cm³/mol. The summed E-state index contributed by atoms with van der Waals surface area (Å²) >= 11 is 0. The zero-order chi connectivity index (χ0) is 18.7. The van der Waals surface area contributed by atoms with Crippen LogP contribution in [-0.2, 0) is 4.79 Å². The quantitative estimate of drug-likeness (QED) is 0.541. The topological polar surface area (TPSA) is 116 Å². The summed E-state index contributed by atoms with van der Waals surface area (Å²) in [6.07, 6.45) is 2.59.